The lowest BCUT2D eigenvalue weighted by atomic mass is 10.3. The molecule has 0 spiro atoms. The zero-order valence-electron chi connectivity index (χ0n) is 8.36. The van der Waals surface area contributed by atoms with Crippen molar-refractivity contribution in [2.45, 2.75) is 6.61 Å². The molecule has 2 rings (SSSR count). The Labute approximate surface area is 104 Å². The SMILES string of the molecule is Clc1ccc(OCc2ccccn2)c(Cl)c1. The lowest BCUT2D eigenvalue weighted by Crippen LogP contribution is -1.97. The number of benzene rings is 1. The van der Waals surface area contributed by atoms with E-state index in [4.69, 9.17) is 27.9 Å². The average molecular weight is 254 g/mol. The minimum Gasteiger partial charge on any atom is -0.486 e. The fraction of sp³-hybridized carbons (Fsp3) is 0.0833. The van der Waals surface area contributed by atoms with E-state index < -0.39 is 0 Å². The van der Waals surface area contributed by atoms with Crippen LogP contribution in [0.5, 0.6) is 5.75 Å². The smallest absolute Gasteiger partial charge is 0.138 e. The van der Waals surface area contributed by atoms with Crippen molar-refractivity contribution in [1.29, 1.82) is 0 Å². The number of hydrogen-bond acceptors (Lipinski definition) is 2. The molecule has 1 aromatic carbocycles. The van der Waals surface area contributed by atoms with Gasteiger partial charge in [0, 0.05) is 11.2 Å². The van der Waals surface area contributed by atoms with Crippen LogP contribution in [0.3, 0.4) is 0 Å². The lowest BCUT2D eigenvalue weighted by molar-refractivity contribution is 0.301. The number of hydrogen-bond donors (Lipinski definition) is 0. The van der Waals surface area contributed by atoms with E-state index in [0.29, 0.717) is 22.4 Å². The highest BCUT2D eigenvalue weighted by Crippen LogP contribution is 2.27. The monoisotopic (exact) mass is 253 g/mol. The van der Waals surface area contributed by atoms with Gasteiger partial charge in [-0.1, -0.05) is 29.3 Å². The van der Waals surface area contributed by atoms with E-state index in [1.54, 1.807) is 24.4 Å². The molecule has 2 aromatic rings. The van der Waals surface area contributed by atoms with Crippen LogP contribution in [-0.4, -0.2) is 4.98 Å². The molecule has 0 aliphatic rings. The molecule has 0 saturated heterocycles. The zero-order valence-corrected chi connectivity index (χ0v) is 9.87. The maximum atomic E-state index is 5.97. The molecule has 2 nitrogen and oxygen atoms in total. The molecule has 0 aliphatic carbocycles. The fourth-order valence-electron chi connectivity index (χ4n) is 1.23. The van der Waals surface area contributed by atoms with Crippen LogP contribution in [0.2, 0.25) is 10.0 Å². The van der Waals surface area contributed by atoms with Crippen molar-refractivity contribution < 1.29 is 4.74 Å². The van der Waals surface area contributed by atoms with Gasteiger partial charge in [-0.15, -0.1) is 0 Å². The molecule has 4 heteroatoms. The Balaban J connectivity index is 2.05. The van der Waals surface area contributed by atoms with Crippen molar-refractivity contribution >= 4 is 23.2 Å². The van der Waals surface area contributed by atoms with Gasteiger partial charge in [0.1, 0.15) is 12.4 Å². The summed E-state index contributed by atoms with van der Waals surface area (Å²) in [5.41, 5.74) is 0.855. The summed E-state index contributed by atoms with van der Waals surface area (Å²) in [4.78, 5) is 4.15. The Morgan fingerprint density at radius 3 is 2.69 bits per heavy atom. The fourth-order valence-corrected chi connectivity index (χ4v) is 1.69. The highest BCUT2D eigenvalue weighted by molar-refractivity contribution is 6.35. The number of nitrogens with zero attached hydrogens (tertiary/aromatic N) is 1. The molecule has 0 fully saturated rings. The molecule has 0 N–H and O–H groups in total. The number of pyridine rings is 1. The molecule has 0 amide bonds. The van der Waals surface area contributed by atoms with Crippen molar-refractivity contribution in [3.05, 3.63) is 58.3 Å². The first-order valence-corrected chi connectivity index (χ1v) is 5.49. The second kappa shape index (κ2) is 5.19. The Kier molecular flexibility index (Phi) is 3.65. The third-order valence-corrected chi connectivity index (χ3v) is 2.53. The third kappa shape index (κ3) is 2.87. The van der Waals surface area contributed by atoms with Gasteiger partial charge in [0.25, 0.3) is 0 Å². The summed E-state index contributed by atoms with van der Waals surface area (Å²) < 4.78 is 5.52. The van der Waals surface area contributed by atoms with Crippen molar-refractivity contribution in [2.75, 3.05) is 0 Å². The van der Waals surface area contributed by atoms with Crippen LogP contribution in [0.25, 0.3) is 0 Å². The molecule has 16 heavy (non-hydrogen) atoms. The van der Waals surface area contributed by atoms with Crippen molar-refractivity contribution in [3.63, 3.8) is 0 Å². The summed E-state index contributed by atoms with van der Waals surface area (Å²) in [6.07, 6.45) is 1.72. The summed E-state index contributed by atoms with van der Waals surface area (Å²) in [7, 11) is 0. The van der Waals surface area contributed by atoms with Crippen LogP contribution in [0.1, 0.15) is 5.69 Å². The summed E-state index contributed by atoms with van der Waals surface area (Å²) >= 11 is 11.7. The molecule has 82 valence electrons. The predicted molar refractivity (Wildman–Crippen MR) is 65.0 cm³/mol. The van der Waals surface area contributed by atoms with Crippen molar-refractivity contribution in [1.82, 2.24) is 4.98 Å². The first-order chi connectivity index (χ1) is 7.75. The zero-order chi connectivity index (χ0) is 11.4. The van der Waals surface area contributed by atoms with Crippen LogP contribution in [0.15, 0.2) is 42.6 Å². The number of rotatable bonds is 3. The number of ether oxygens (including phenoxy) is 1. The Morgan fingerprint density at radius 2 is 2.00 bits per heavy atom. The van der Waals surface area contributed by atoms with E-state index >= 15 is 0 Å². The Bertz CT molecular complexity index is 474. The van der Waals surface area contributed by atoms with E-state index in [0.717, 1.165) is 5.69 Å². The maximum Gasteiger partial charge on any atom is 0.138 e. The maximum absolute atomic E-state index is 5.97. The van der Waals surface area contributed by atoms with Gasteiger partial charge in [-0.25, -0.2) is 0 Å². The highest BCUT2D eigenvalue weighted by atomic mass is 35.5. The molecule has 1 heterocycles. The van der Waals surface area contributed by atoms with Gasteiger partial charge < -0.3 is 4.74 Å². The first-order valence-electron chi connectivity index (χ1n) is 4.73. The van der Waals surface area contributed by atoms with E-state index in [1.807, 2.05) is 18.2 Å². The Hall–Kier alpha value is -1.25. The average Bonchev–Trinajstić information content (AvgIpc) is 2.29. The van der Waals surface area contributed by atoms with E-state index in [-0.39, 0.29) is 0 Å². The van der Waals surface area contributed by atoms with Crippen LogP contribution in [0.4, 0.5) is 0 Å². The first kappa shape index (κ1) is 11.2. The largest absolute Gasteiger partial charge is 0.486 e. The summed E-state index contributed by atoms with van der Waals surface area (Å²) in [6.45, 7) is 0.391. The van der Waals surface area contributed by atoms with Gasteiger partial charge in [-0.2, -0.15) is 0 Å². The molecular weight excluding hydrogens is 245 g/mol. The van der Waals surface area contributed by atoms with E-state index in [9.17, 15) is 0 Å². The standard InChI is InChI=1S/C12H9Cl2NO/c13-9-4-5-12(11(14)7-9)16-8-10-3-1-2-6-15-10/h1-7H,8H2. The minimum absolute atomic E-state index is 0.391. The molecule has 0 radical (unpaired) electrons. The van der Waals surface area contributed by atoms with Crippen molar-refractivity contribution in [3.8, 4) is 5.75 Å². The van der Waals surface area contributed by atoms with Crippen LogP contribution in [-0.2, 0) is 6.61 Å². The molecular formula is C12H9Cl2NO. The van der Waals surface area contributed by atoms with Crippen molar-refractivity contribution in [2.24, 2.45) is 0 Å². The number of aromatic nitrogens is 1. The van der Waals surface area contributed by atoms with Crippen LogP contribution < -0.4 is 4.74 Å². The second-order valence-corrected chi connectivity index (χ2v) is 4.03. The van der Waals surface area contributed by atoms with Gasteiger partial charge in [-0.3, -0.25) is 4.98 Å². The summed E-state index contributed by atoms with van der Waals surface area (Å²) in [5.74, 6) is 0.608. The molecule has 0 bridgehead atoms. The normalized spacial score (nSPS) is 10.1. The van der Waals surface area contributed by atoms with Crippen LogP contribution in [0, 0.1) is 0 Å². The Morgan fingerprint density at radius 1 is 1.12 bits per heavy atom. The molecule has 0 atom stereocenters. The summed E-state index contributed by atoms with van der Waals surface area (Å²) in [5, 5.41) is 1.10. The quantitative estimate of drug-likeness (QED) is 0.826. The number of halogens is 2. The van der Waals surface area contributed by atoms with Gasteiger partial charge in [0.15, 0.2) is 0 Å². The van der Waals surface area contributed by atoms with Gasteiger partial charge >= 0.3 is 0 Å². The van der Waals surface area contributed by atoms with E-state index in [1.165, 1.54) is 0 Å². The van der Waals surface area contributed by atoms with Crippen LogP contribution >= 0.6 is 23.2 Å². The molecule has 0 aliphatic heterocycles. The lowest BCUT2D eigenvalue weighted by Gasteiger charge is -2.07. The van der Waals surface area contributed by atoms with E-state index in [2.05, 4.69) is 4.98 Å². The predicted octanol–water partition coefficient (Wildman–Crippen LogP) is 3.97. The van der Waals surface area contributed by atoms with Gasteiger partial charge in [0.05, 0.1) is 10.7 Å². The van der Waals surface area contributed by atoms with Gasteiger partial charge in [-0.05, 0) is 30.3 Å². The third-order valence-electron chi connectivity index (χ3n) is 2.00. The molecule has 0 unspecified atom stereocenters. The van der Waals surface area contributed by atoms with Gasteiger partial charge in [0.2, 0.25) is 0 Å². The second-order valence-electron chi connectivity index (χ2n) is 3.18. The minimum atomic E-state index is 0.391. The topological polar surface area (TPSA) is 22.1 Å². The highest BCUT2D eigenvalue weighted by Gasteiger charge is 2.02. The molecule has 0 saturated carbocycles. The molecule has 1 aromatic heterocycles. The summed E-state index contributed by atoms with van der Waals surface area (Å²) in [6, 6.07) is 10.8.